The predicted molar refractivity (Wildman–Crippen MR) is 64.0 cm³/mol. The lowest BCUT2D eigenvalue weighted by Crippen LogP contribution is -2.35. The molecule has 1 aromatic rings. The zero-order valence-corrected chi connectivity index (χ0v) is 10.0. The van der Waals surface area contributed by atoms with Crippen LogP contribution in [0.3, 0.4) is 0 Å². The fourth-order valence-electron chi connectivity index (χ4n) is 2.27. The van der Waals surface area contributed by atoms with Gasteiger partial charge in [-0.2, -0.15) is 0 Å². The Morgan fingerprint density at radius 3 is 2.94 bits per heavy atom. The Kier molecular flexibility index (Phi) is 3.84. The topological polar surface area (TPSA) is 41.5 Å². The summed E-state index contributed by atoms with van der Waals surface area (Å²) < 4.78 is 18.2. The molecule has 0 saturated carbocycles. The third-order valence-corrected chi connectivity index (χ3v) is 3.23. The van der Waals surface area contributed by atoms with Crippen LogP contribution in [0.1, 0.15) is 24.8 Å². The van der Waals surface area contributed by atoms with Crippen LogP contribution in [0.2, 0.25) is 0 Å². The van der Waals surface area contributed by atoms with E-state index in [-0.39, 0.29) is 11.5 Å². The lowest BCUT2D eigenvalue weighted by molar-refractivity contribution is 0.373. The second-order valence-electron chi connectivity index (χ2n) is 4.47. The van der Waals surface area contributed by atoms with E-state index in [1.807, 2.05) is 0 Å². The first-order valence-corrected chi connectivity index (χ1v) is 5.99. The number of nitrogens with one attached hydrogen (secondary N) is 1. The summed E-state index contributed by atoms with van der Waals surface area (Å²) in [6.07, 6.45) is 4.22. The zero-order chi connectivity index (χ0) is 12.3. The summed E-state index contributed by atoms with van der Waals surface area (Å²) in [6.45, 7) is 1.02. The number of ether oxygens (including phenoxy) is 1. The van der Waals surface area contributed by atoms with E-state index in [1.54, 1.807) is 6.07 Å². The molecule has 1 atom stereocenters. The lowest BCUT2D eigenvalue weighted by atomic mass is 9.97. The number of halogens is 1. The Labute approximate surface area is 101 Å². The molecule has 17 heavy (non-hydrogen) atoms. The SMILES string of the molecule is COc1cc(CC2CCCCN2)c(O)cc1F. The number of aromatic hydroxyl groups is 1. The molecule has 1 aromatic carbocycles. The number of phenolic OH excluding ortho intramolecular Hbond substituents is 1. The quantitative estimate of drug-likeness (QED) is 0.850. The van der Waals surface area contributed by atoms with E-state index in [0.29, 0.717) is 12.5 Å². The van der Waals surface area contributed by atoms with Gasteiger partial charge in [-0.3, -0.25) is 0 Å². The van der Waals surface area contributed by atoms with Crippen molar-refractivity contribution in [2.24, 2.45) is 0 Å². The van der Waals surface area contributed by atoms with Crippen molar-refractivity contribution in [1.82, 2.24) is 5.32 Å². The molecule has 2 N–H and O–H groups in total. The van der Waals surface area contributed by atoms with Crippen LogP contribution in [0.25, 0.3) is 0 Å². The van der Waals surface area contributed by atoms with Crippen LogP contribution in [0.4, 0.5) is 4.39 Å². The monoisotopic (exact) mass is 239 g/mol. The maximum Gasteiger partial charge on any atom is 0.168 e. The van der Waals surface area contributed by atoms with Crippen molar-refractivity contribution in [3.05, 3.63) is 23.5 Å². The van der Waals surface area contributed by atoms with E-state index >= 15 is 0 Å². The second-order valence-corrected chi connectivity index (χ2v) is 4.47. The van der Waals surface area contributed by atoms with Gasteiger partial charge in [-0.25, -0.2) is 4.39 Å². The highest BCUT2D eigenvalue weighted by atomic mass is 19.1. The first kappa shape index (κ1) is 12.2. The second kappa shape index (κ2) is 5.36. The minimum Gasteiger partial charge on any atom is -0.508 e. The number of methoxy groups -OCH3 is 1. The van der Waals surface area contributed by atoms with Crippen molar-refractivity contribution >= 4 is 0 Å². The molecular weight excluding hydrogens is 221 g/mol. The minimum atomic E-state index is -0.523. The van der Waals surface area contributed by atoms with Gasteiger partial charge in [0.1, 0.15) is 5.75 Å². The first-order valence-electron chi connectivity index (χ1n) is 5.99. The number of hydrogen-bond donors (Lipinski definition) is 2. The molecule has 94 valence electrons. The molecule has 0 aliphatic carbocycles. The summed E-state index contributed by atoms with van der Waals surface area (Å²) >= 11 is 0. The third kappa shape index (κ3) is 2.88. The fourth-order valence-corrected chi connectivity index (χ4v) is 2.27. The highest BCUT2D eigenvalue weighted by Gasteiger charge is 2.17. The molecule has 1 heterocycles. The van der Waals surface area contributed by atoms with E-state index in [2.05, 4.69) is 5.32 Å². The summed E-state index contributed by atoms with van der Waals surface area (Å²) in [5.41, 5.74) is 0.739. The zero-order valence-electron chi connectivity index (χ0n) is 10.0. The molecule has 1 fully saturated rings. The number of phenols is 1. The Bertz CT molecular complexity index is 389. The summed E-state index contributed by atoms with van der Waals surface area (Å²) in [5, 5.41) is 13.1. The maximum atomic E-state index is 13.3. The van der Waals surface area contributed by atoms with Crippen LogP contribution in [0.5, 0.6) is 11.5 Å². The largest absolute Gasteiger partial charge is 0.508 e. The molecule has 0 bridgehead atoms. The van der Waals surface area contributed by atoms with Gasteiger partial charge >= 0.3 is 0 Å². The fraction of sp³-hybridized carbons (Fsp3) is 0.538. The molecule has 1 aliphatic rings. The smallest absolute Gasteiger partial charge is 0.168 e. The van der Waals surface area contributed by atoms with E-state index in [4.69, 9.17) is 4.74 Å². The van der Waals surface area contributed by atoms with E-state index in [0.717, 1.165) is 24.6 Å². The summed E-state index contributed by atoms with van der Waals surface area (Å²) in [5.74, 6) is -0.324. The highest BCUT2D eigenvalue weighted by Crippen LogP contribution is 2.28. The van der Waals surface area contributed by atoms with E-state index in [1.165, 1.54) is 20.0 Å². The highest BCUT2D eigenvalue weighted by molar-refractivity contribution is 5.41. The van der Waals surface area contributed by atoms with E-state index < -0.39 is 5.82 Å². The van der Waals surface area contributed by atoms with Crippen molar-refractivity contribution in [3.8, 4) is 11.5 Å². The Morgan fingerprint density at radius 1 is 1.47 bits per heavy atom. The van der Waals surface area contributed by atoms with E-state index in [9.17, 15) is 9.50 Å². The van der Waals surface area contributed by atoms with Gasteiger partial charge in [0.15, 0.2) is 11.6 Å². The van der Waals surface area contributed by atoms with Crippen LogP contribution >= 0.6 is 0 Å². The first-order chi connectivity index (χ1) is 8.20. The van der Waals surface area contributed by atoms with Crippen LogP contribution in [0, 0.1) is 5.82 Å². The van der Waals surface area contributed by atoms with Gasteiger partial charge < -0.3 is 15.2 Å². The molecule has 0 amide bonds. The van der Waals surface area contributed by atoms with Gasteiger partial charge in [0.25, 0.3) is 0 Å². The van der Waals surface area contributed by atoms with Crippen LogP contribution in [0.15, 0.2) is 12.1 Å². The molecule has 2 rings (SSSR count). The molecule has 0 aromatic heterocycles. The summed E-state index contributed by atoms with van der Waals surface area (Å²) in [7, 11) is 1.43. The molecule has 4 heteroatoms. The Morgan fingerprint density at radius 2 is 2.29 bits per heavy atom. The van der Waals surface area contributed by atoms with Crippen molar-refractivity contribution in [2.45, 2.75) is 31.7 Å². The third-order valence-electron chi connectivity index (χ3n) is 3.23. The van der Waals surface area contributed by atoms with Crippen molar-refractivity contribution in [1.29, 1.82) is 0 Å². The molecule has 1 unspecified atom stereocenters. The van der Waals surface area contributed by atoms with Crippen molar-refractivity contribution < 1.29 is 14.2 Å². The van der Waals surface area contributed by atoms with Crippen LogP contribution in [-0.2, 0) is 6.42 Å². The summed E-state index contributed by atoms with van der Waals surface area (Å²) in [6, 6.07) is 3.07. The van der Waals surface area contributed by atoms with Gasteiger partial charge in [0, 0.05) is 12.1 Å². The van der Waals surface area contributed by atoms with Crippen molar-refractivity contribution in [2.75, 3.05) is 13.7 Å². The number of benzene rings is 1. The average Bonchev–Trinajstić information content (AvgIpc) is 2.34. The molecule has 1 saturated heterocycles. The summed E-state index contributed by atoms with van der Waals surface area (Å²) in [4.78, 5) is 0. The number of rotatable bonds is 3. The van der Waals surface area contributed by atoms with Gasteiger partial charge in [-0.05, 0) is 37.4 Å². The maximum absolute atomic E-state index is 13.3. The molecular formula is C13H18FNO2. The van der Waals surface area contributed by atoms with Crippen LogP contribution in [-0.4, -0.2) is 24.8 Å². The molecule has 3 nitrogen and oxygen atoms in total. The van der Waals surface area contributed by atoms with Gasteiger partial charge in [0.2, 0.25) is 0 Å². The Hall–Kier alpha value is -1.29. The molecule has 1 aliphatic heterocycles. The van der Waals surface area contributed by atoms with Gasteiger partial charge in [-0.15, -0.1) is 0 Å². The normalized spacial score (nSPS) is 20.2. The standard InChI is InChI=1S/C13H18FNO2/c1-17-13-7-9(12(16)8-11(13)14)6-10-4-2-3-5-15-10/h7-8,10,15-16H,2-6H2,1H3. The van der Waals surface area contributed by atoms with Gasteiger partial charge in [0.05, 0.1) is 7.11 Å². The number of hydrogen-bond acceptors (Lipinski definition) is 3. The van der Waals surface area contributed by atoms with Crippen LogP contribution < -0.4 is 10.1 Å². The average molecular weight is 239 g/mol. The van der Waals surface area contributed by atoms with Gasteiger partial charge in [-0.1, -0.05) is 6.42 Å². The predicted octanol–water partition coefficient (Wildman–Crippen LogP) is 2.22. The van der Waals surface area contributed by atoms with Crippen molar-refractivity contribution in [3.63, 3.8) is 0 Å². The molecule has 0 spiro atoms. The number of piperidine rings is 1. The lowest BCUT2D eigenvalue weighted by Gasteiger charge is -2.24. The molecule has 0 radical (unpaired) electrons. The minimum absolute atomic E-state index is 0.00988. The Balaban J connectivity index is 2.13.